The quantitative estimate of drug-likeness (QED) is 0.286. The van der Waals surface area contributed by atoms with Crippen molar-refractivity contribution in [1.82, 2.24) is 24.2 Å². The fourth-order valence-corrected chi connectivity index (χ4v) is 6.16. The summed E-state index contributed by atoms with van der Waals surface area (Å²) in [5.74, 6) is -0.289. The number of aryl methyl sites for hydroxylation is 1. The number of benzene rings is 1. The molecule has 0 radical (unpaired) electrons. The fourth-order valence-electron chi connectivity index (χ4n) is 5.58. The molecule has 0 aliphatic carbocycles. The van der Waals surface area contributed by atoms with Crippen molar-refractivity contribution in [2.24, 2.45) is 7.05 Å². The summed E-state index contributed by atoms with van der Waals surface area (Å²) >= 11 is 6.03. The number of pyridine rings is 2. The van der Waals surface area contributed by atoms with Crippen molar-refractivity contribution in [3.63, 3.8) is 0 Å². The Kier molecular flexibility index (Phi) is 8.58. The molecule has 1 fully saturated rings. The standard InChI is InChI=1S/C30H31ClN8O4S/c1-17-10-22(18(2)34-24-7-8-25(31)35-27(24)28(40)37-44(4,42)43)26-23(11-17)29(41)38(3)30(36-26)39-9-5-6-20(16-39)21-12-19(13-32)14-33-15-21/h7-8,10-12,14-15,18,20,34H,5-6,9,16H2,1-4H3,(H,37,40)/t18-,20+/m1/s1. The summed E-state index contributed by atoms with van der Waals surface area (Å²) in [6.07, 6.45) is 5.99. The molecule has 2 atom stereocenters. The Hall–Kier alpha value is -4.54. The summed E-state index contributed by atoms with van der Waals surface area (Å²) in [6, 6.07) is 10.3. The Morgan fingerprint density at radius 1 is 1.20 bits per heavy atom. The highest BCUT2D eigenvalue weighted by Crippen LogP contribution is 2.32. The van der Waals surface area contributed by atoms with Gasteiger partial charge in [0.05, 0.1) is 34.5 Å². The van der Waals surface area contributed by atoms with E-state index < -0.39 is 22.0 Å². The number of piperidine rings is 1. The number of hydrogen-bond acceptors (Lipinski definition) is 10. The largest absolute Gasteiger partial charge is 0.377 e. The van der Waals surface area contributed by atoms with E-state index in [9.17, 15) is 23.3 Å². The second-order valence-electron chi connectivity index (χ2n) is 11.0. The van der Waals surface area contributed by atoms with E-state index in [0.29, 0.717) is 41.1 Å². The van der Waals surface area contributed by atoms with Gasteiger partial charge in [-0.25, -0.2) is 23.1 Å². The van der Waals surface area contributed by atoms with Crippen LogP contribution < -0.4 is 20.5 Å². The van der Waals surface area contributed by atoms with Gasteiger partial charge in [-0.2, -0.15) is 5.26 Å². The lowest BCUT2D eigenvalue weighted by Gasteiger charge is -2.34. The van der Waals surface area contributed by atoms with Crippen molar-refractivity contribution in [1.29, 1.82) is 5.26 Å². The fraction of sp³-hybridized carbons (Fsp3) is 0.333. The number of carbonyl (C=O) groups excluding carboxylic acids is 1. The first kappa shape index (κ1) is 30.9. The van der Waals surface area contributed by atoms with Crippen molar-refractivity contribution in [2.75, 3.05) is 29.6 Å². The SMILES string of the molecule is Cc1cc([C@@H](C)Nc2ccc(Cl)nc2C(=O)NS(C)(=O)=O)c2nc(N3CCC[C@H](c4cncc(C#N)c4)C3)n(C)c(=O)c2c1. The molecular weight excluding hydrogens is 604 g/mol. The molecule has 12 nitrogen and oxygen atoms in total. The monoisotopic (exact) mass is 634 g/mol. The summed E-state index contributed by atoms with van der Waals surface area (Å²) in [5.41, 5.74) is 3.42. The summed E-state index contributed by atoms with van der Waals surface area (Å²) < 4.78 is 26.9. The van der Waals surface area contributed by atoms with Gasteiger partial charge in [0.15, 0.2) is 5.69 Å². The minimum Gasteiger partial charge on any atom is -0.377 e. The molecule has 1 aromatic carbocycles. The lowest BCUT2D eigenvalue weighted by atomic mass is 9.91. The van der Waals surface area contributed by atoms with E-state index in [2.05, 4.69) is 26.3 Å². The lowest BCUT2D eigenvalue weighted by Crippen LogP contribution is -2.39. The number of amides is 1. The molecule has 1 amide bonds. The van der Waals surface area contributed by atoms with Gasteiger partial charge in [0.1, 0.15) is 11.2 Å². The molecular formula is C30H31ClN8O4S. The second kappa shape index (κ2) is 12.2. The minimum absolute atomic E-state index is 0.0210. The van der Waals surface area contributed by atoms with Crippen LogP contribution in [0.15, 0.2) is 47.5 Å². The summed E-state index contributed by atoms with van der Waals surface area (Å²) in [5, 5.41) is 13.0. The van der Waals surface area contributed by atoms with Crippen LogP contribution in [-0.2, 0) is 17.1 Å². The molecule has 44 heavy (non-hydrogen) atoms. The number of rotatable bonds is 7. The van der Waals surface area contributed by atoms with Gasteiger partial charge in [0.2, 0.25) is 16.0 Å². The normalized spacial score (nSPS) is 15.9. The molecule has 1 aliphatic rings. The van der Waals surface area contributed by atoms with E-state index in [-0.39, 0.29) is 28.0 Å². The highest BCUT2D eigenvalue weighted by Gasteiger charge is 2.27. The number of aromatic nitrogens is 4. The Balaban J connectivity index is 1.53. The van der Waals surface area contributed by atoms with Gasteiger partial charge in [0, 0.05) is 44.0 Å². The molecule has 0 saturated carbocycles. The van der Waals surface area contributed by atoms with Crippen molar-refractivity contribution in [3.05, 3.63) is 86.2 Å². The minimum atomic E-state index is -3.85. The second-order valence-corrected chi connectivity index (χ2v) is 13.2. The Morgan fingerprint density at radius 2 is 1.98 bits per heavy atom. The predicted octanol–water partition coefficient (Wildman–Crippen LogP) is 3.80. The first-order valence-corrected chi connectivity index (χ1v) is 16.2. The number of nitrogens with one attached hydrogen (secondary N) is 2. The van der Waals surface area contributed by atoms with Gasteiger partial charge < -0.3 is 10.2 Å². The average molecular weight is 635 g/mol. The van der Waals surface area contributed by atoms with Crippen molar-refractivity contribution in [2.45, 2.75) is 38.6 Å². The molecule has 0 spiro atoms. The Labute approximate surface area is 259 Å². The van der Waals surface area contributed by atoms with E-state index in [1.54, 1.807) is 36.1 Å². The maximum Gasteiger partial charge on any atom is 0.285 e. The van der Waals surface area contributed by atoms with Gasteiger partial charge in [0.25, 0.3) is 11.5 Å². The molecule has 14 heteroatoms. The van der Waals surface area contributed by atoms with Gasteiger partial charge in [-0.3, -0.25) is 19.1 Å². The average Bonchev–Trinajstić information content (AvgIpc) is 2.99. The first-order valence-electron chi connectivity index (χ1n) is 13.9. The Morgan fingerprint density at radius 3 is 2.70 bits per heavy atom. The molecule has 228 valence electrons. The molecule has 0 bridgehead atoms. The topological polar surface area (TPSA) is 163 Å². The highest BCUT2D eigenvalue weighted by molar-refractivity contribution is 7.89. The molecule has 0 unspecified atom stereocenters. The smallest absolute Gasteiger partial charge is 0.285 e. The molecule has 1 saturated heterocycles. The Bertz CT molecular complexity index is 1990. The number of nitriles is 1. The zero-order chi connectivity index (χ0) is 31.8. The first-order chi connectivity index (χ1) is 20.8. The predicted molar refractivity (Wildman–Crippen MR) is 168 cm³/mol. The maximum atomic E-state index is 13.7. The van der Waals surface area contributed by atoms with Crippen LogP contribution in [0.2, 0.25) is 5.15 Å². The van der Waals surface area contributed by atoms with Crippen molar-refractivity contribution >= 4 is 50.1 Å². The third-order valence-electron chi connectivity index (χ3n) is 7.59. The van der Waals surface area contributed by atoms with Crippen LogP contribution >= 0.6 is 11.6 Å². The van der Waals surface area contributed by atoms with Crippen LogP contribution in [0.3, 0.4) is 0 Å². The molecule has 5 rings (SSSR count). The zero-order valence-electron chi connectivity index (χ0n) is 24.6. The number of fused-ring (bicyclic) bond motifs is 1. The van der Waals surface area contributed by atoms with E-state index in [0.717, 1.165) is 30.2 Å². The van der Waals surface area contributed by atoms with Crippen LogP contribution in [0, 0.1) is 18.3 Å². The van der Waals surface area contributed by atoms with Crippen LogP contribution in [-0.4, -0.2) is 53.2 Å². The van der Waals surface area contributed by atoms with Crippen LogP contribution in [0.5, 0.6) is 0 Å². The third-order valence-corrected chi connectivity index (χ3v) is 8.35. The van der Waals surface area contributed by atoms with E-state index >= 15 is 0 Å². The number of sulfonamides is 1. The van der Waals surface area contributed by atoms with Crippen molar-refractivity contribution < 1.29 is 13.2 Å². The molecule has 4 heterocycles. The third kappa shape index (κ3) is 6.51. The number of nitrogens with zero attached hydrogens (tertiary/aromatic N) is 6. The molecule has 2 N–H and O–H groups in total. The van der Waals surface area contributed by atoms with E-state index in [4.69, 9.17) is 16.6 Å². The van der Waals surface area contributed by atoms with Crippen LogP contribution in [0.25, 0.3) is 10.9 Å². The molecule has 4 aromatic rings. The number of carbonyl (C=O) groups is 1. The van der Waals surface area contributed by atoms with Gasteiger partial charge >= 0.3 is 0 Å². The van der Waals surface area contributed by atoms with Crippen LogP contribution in [0.1, 0.15) is 64.5 Å². The van der Waals surface area contributed by atoms with E-state index in [1.165, 1.54) is 6.07 Å². The molecule has 1 aliphatic heterocycles. The summed E-state index contributed by atoms with van der Waals surface area (Å²) in [6.45, 7) is 5.05. The van der Waals surface area contributed by atoms with Crippen LogP contribution in [0.4, 0.5) is 11.6 Å². The molecule has 3 aromatic heterocycles. The van der Waals surface area contributed by atoms with Gasteiger partial charge in [-0.1, -0.05) is 17.7 Å². The van der Waals surface area contributed by atoms with Crippen molar-refractivity contribution in [3.8, 4) is 6.07 Å². The van der Waals surface area contributed by atoms with Gasteiger partial charge in [-0.05, 0) is 62.1 Å². The number of halogens is 1. The maximum absolute atomic E-state index is 13.7. The van der Waals surface area contributed by atoms with Gasteiger partial charge in [-0.15, -0.1) is 0 Å². The number of anilines is 2. The number of hydrogen-bond donors (Lipinski definition) is 2. The highest BCUT2D eigenvalue weighted by atomic mass is 35.5. The lowest BCUT2D eigenvalue weighted by molar-refractivity contribution is 0.0977. The summed E-state index contributed by atoms with van der Waals surface area (Å²) in [4.78, 5) is 41.9. The van der Waals surface area contributed by atoms with E-state index in [1.807, 2.05) is 30.7 Å². The summed E-state index contributed by atoms with van der Waals surface area (Å²) in [7, 11) is -2.14. The zero-order valence-corrected chi connectivity index (χ0v) is 26.2.